The zero-order valence-electron chi connectivity index (χ0n) is 12.3. The van der Waals surface area contributed by atoms with E-state index in [-0.39, 0.29) is 17.5 Å². The number of nitrogens with one attached hydrogen (secondary N) is 1. The Hall–Kier alpha value is -2.73. The molecule has 0 fully saturated rings. The lowest BCUT2D eigenvalue weighted by Gasteiger charge is -2.20. The van der Waals surface area contributed by atoms with Gasteiger partial charge in [-0.2, -0.15) is 0 Å². The van der Waals surface area contributed by atoms with Crippen LogP contribution in [0.15, 0.2) is 70.4 Å². The topological polar surface area (TPSA) is 64.0 Å². The molecule has 0 spiro atoms. The maximum atomic E-state index is 12.3. The lowest BCUT2D eigenvalue weighted by Crippen LogP contribution is -2.34. The number of rotatable bonds is 5. The number of carbonyl (C=O) groups is 1. The molecule has 0 saturated carbocycles. The van der Waals surface area contributed by atoms with Gasteiger partial charge in [0.25, 0.3) is 11.5 Å². The second kappa shape index (κ2) is 7.02. The van der Waals surface area contributed by atoms with Gasteiger partial charge in [0.1, 0.15) is 5.69 Å². The molecule has 3 aromatic rings. The highest BCUT2D eigenvalue weighted by Gasteiger charge is 2.17. The summed E-state index contributed by atoms with van der Waals surface area (Å²) in [5.74, 6) is -0.246. The summed E-state index contributed by atoms with van der Waals surface area (Å²) in [6, 6.07) is 14.3. The molecule has 1 atom stereocenters. The number of hydrogen-bond donors (Lipinski definition) is 1. The number of nitrogens with zero attached hydrogens (tertiary/aromatic N) is 2. The van der Waals surface area contributed by atoms with Crippen LogP contribution in [0.25, 0.3) is 0 Å². The van der Waals surface area contributed by atoms with Crippen LogP contribution < -0.4 is 10.9 Å². The van der Waals surface area contributed by atoms with Gasteiger partial charge in [0.2, 0.25) is 0 Å². The van der Waals surface area contributed by atoms with E-state index in [4.69, 9.17) is 0 Å². The first kappa shape index (κ1) is 15.2. The third-order valence-corrected chi connectivity index (χ3v) is 4.04. The molecule has 6 heteroatoms. The molecule has 0 aliphatic rings. The van der Waals surface area contributed by atoms with Crippen molar-refractivity contribution in [3.05, 3.63) is 87.2 Å². The Morgan fingerprint density at radius 1 is 1.17 bits per heavy atom. The lowest BCUT2D eigenvalue weighted by atomic mass is 10.1. The number of carbonyl (C=O) groups excluding carboxylic acids is 1. The van der Waals surface area contributed by atoms with Gasteiger partial charge in [-0.25, -0.2) is 4.98 Å². The van der Waals surface area contributed by atoms with Crippen LogP contribution in [-0.4, -0.2) is 15.5 Å². The monoisotopic (exact) mass is 325 g/mol. The Morgan fingerprint density at radius 3 is 2.65 bits per heavy atom. The van der Waals surface area contributed by atoms with Crippen LogP contribution in [0.4, 0.5) is 0 Å². The summed E-state index contributed by atoms with van der Waals surface area (Å²) in [6.07, 6.45) is 1.72. The molecule has 3 rings (SSSR count). The smallest absolute Gasteiger partial charge is 0.271 e. The van der Waals surface area contributed by atoms with Crippen molar-refractivity contribution in [2.24, 2.45) is 0 Å². The average molecular weight is 325 g/mol. The van der Waals surface area contributed by atoms with E-state index >= 15 is 0 Å². The fraction of sp³-hybridized carbons (Fsp3) is 0.118. The van der Waals surface area contributed by atoms with Gasteiger partial charge >= 0.3 is 0 Å². The van der Waals surface area contributed by atoms with Crippen molar-refractivity contribution in [3.63, 3.8) is 0 Å². The Balaban J connectivity index is 1.87. The molecule has 2 aromatic heterocycles. The summed E-state index contributed by atoms with van der Waals surface area (Å²) in [5, 5.41) is 4.66. The van der Waals surface area contributed by atoms with Crippen molar-refractivity contribution < 1.29 is 4.79 Å². The molecule has 116 valence electrons. The Bertz CT molecular complexity index is 828. The van der Waals surface area contributed by atoms with Crippen LogP contribution in [0, 0.1) is 0 Å². The standard InChI is InChI=1S/C17H15N3O2S/c21-16-8-4-5-9-20(16)10-14(13-6-2-1-3-7-13)19-17(22)15-11-23-12-18-15/h1-9,11-12,14H,10H2,(H,19,22)/t14-/m1/s1. The number of amides is 1. The maximum Gasteiger partial charge on any atom is 0.271 e. The first-order chi connectivity index (χ1) is 11.2. The lowest BCUT2D eigenvalue weighted by molar-refractivity contribution is 0.0928. The van der Waals surface area contributed by atoms with Gasteiger partial charge in [-0.15, -0.1) is 11.3 Å². The summed E-state index contributed by atoms with van der Waals surface area (Å²) in [5.41, 5.74) is 2.84. The van der Waals surface area contributed by atoms with Crippen molar-refractivity contribution in [1.29, 1.82) is 0 Å². The van der Waals surface area contributed by atoms with E-state index in [0.29, 0.717) is 12.2 Å². The normalized spacial score (nSPS) is 11.8. The number of benzene rings is 1. The Morgan fingerprint density at radius 2 is 1.96 bits per heavy atom. The van der Waals surface area contributed by atoms with Gasteiger partial charge < -0.3 is 9.88 Å². The molecule has 0 aliphatic heterocycles. The number of aromatic nitrogens is 2. The zero-order chi connectivity index (χ0) is 16.1. The fourth-order valence-electron chi connectivity index (χ4n) is 2.28. The van der Waals surface area contributed by atoms with Crippen LogP contribution in [0.5, 0.6) is 0 Å². The zero-order valence-corrected chi connectivity index (χ0v) is 13.1. The highest BCUT2D eigenvalue weighted by molar-refractivity contribution is 7.07. The predicted molar refractivity (Wildman–Crippen MR) is 89.5 cm³/mol. The van der Waals surface area contributed by atoms with Crippen LogP contribution >= 0.6 is 11.3 Å². The molecule has 1 aromatic carbocycles. The third-order valence-electron chi connectivity index (χ3n) is 3.45. The van der Waals surface area contributed by atoms with E-state index in [1.807, 2.05) is 30.3 Å². The van der Waals surface area contributed by atoms with Gasteiger partial charge in [0.15, 0.2) is 0 Å². The summed E-state index contributed by atoms with van der Waals surface area (Å²) in [4.78, 5) is 28.3. The number of hydrogen-bond acceptors (Lipinski definition) is 4. The molecular formula is C17H15N3O2S. The minimum atomic E-state index is -0.314. The van der Waals surface area contributed by atoms with E-state index in [9.17, 15) is 9.59 Å². The van der Waals surface area contributed by atoms with E-state index in [2.05, 4.69) is 10.3 Å². The van der Waals surface area contributed by atoms with Gasteiger partial charge in [-0.1, -0.05) is 36.4 Å². The third kappa shape index (κ3) is 3.73. The highest BCUT2D eigenvalue weighted by Crippen LogP contribution is 2.15. The van der Waals surface area contributed by atoms with Gasteiger partial charge in [-0.05, 0) is 11.6 Å². The molecule has 1 N–H and O–H groups in total. The molecule has 0 aliphatic carbocycles. The Kier molecular flexibility index (Phi) is 4.63. The van der Waals surface area contributed by atoms with Crippen molar-refractivity contribution in [2.75, 3.05) is 0 Å². The van der Waals surface area contributed by atoms with Crippen molar-refractivity contribution >= 4 is 17.2 Å². The molecule has 23 heavy (non-hydrogen) atoms. The largest absolute Gasteiger partial charge is 0.342 e. The minimum Gasteiger partial charge on any atom is -0.342 e. The van der Waals surface area contributed by atoms with Crippen LogP contribution in [0.3, 0.4) is 0 Å². The van der Waals surface area contributed by atoms with Crippen LogP contribution in [0.2, 0.25) is 0 Å². The minimum absolute atomic E-state index is 0.101. The molecule has 0 bridgehead atoms. The van der Waals surface area contributed by atoms with Crippen molar-refractivity contribution in [3.8, 4) is 0 Å². The molecule has 0 radical (unpaired) electrons. The second-order valence-electron chi connectivity index (χ2n) is 5.00. The summed E-state index contributed by atoms with van der Waals surface area (Å²) in [6.45, 7) is 0.361. The maximum absolute atomic E-state index is 12.3. The van der Waals surface area contributed by atoms with E-state index in [1.165, 1.54) is 17.4 Å². The molecule has 0 saturated heterocycles. The van der Waals surface area contributed by atoms with Crippen LogP contribution in [-0.2, 0) is 6.54 Å². The number of pyridine rings is 1. The quantitative estimate of drug-likeness (QED) is 0.784. The predicted octanol–water partition coefficient (Wildman–Crippen LogP) is 2.48. The summed E-state index contributed by atoms with van der Waals surface area (Å²) in [7, 11) is 0. The van der Waals surface area contributed by atoms with Gasteiger partial charge in [0.05, 0.1) is 18.1 Å². The van der Waals surface area contributed by atoms with Crippen LogP contribution in [0.1, 0.15) is 22.1 Å². The molecule has 2 heterocycles. The molecule has 5 nitrogen and oxygen atoms in total. The molecule has 0 unspecified atom stereocenters. The Labute approximate surface area is 137 Å². The van der Waals surface area contributed by atoms with Crippen molar-refractivity contribution in [2.45, 2.75) is 12.6 Å². The highest BCUT2D eigenvalue weighted by atomic mass is 32.1. The van der Waals surface area contributed by atoms with E-state index < -0.39 is 0 Å². The first-order valence-corrected chi connectivity index (χ1v) is 8.08. The van der Waals surface area contributed by atoms with Gasteiger partial charge in [-0.3, -0.25) is 9.59 Å². The molecule has 1 amide bonds. The van der Waals surface area contributed by atoms with E-state index in [1.54, 1.807) is 33.8 Å². The first-order valence-electron chi connectivity index (χ1n) is 7.13. The van der Waals surface area contributed by atoms with Gasteiger partial charge in [0, 0.05) is 17.6 Å². The van der Waals surface area contributed by atoms with Crippen molar-refractivity contribution in [1.82, 2.24) is 14.9 Å². The number of thiazole rings is 1. The summed E-state index contributed by atoms with van der Waals surface area (Å²) >= 11 is 1.37. The SMILES string of the molecule is O=C(N[C@H](Cn1ccccc1=O)c1ccccc1)c1cscn1. The summed E-state index contributed by atoms with van der Waals surface area (Å²) < 4.78 is 1.58. The fourth-order valence-corrected chi connectivity index (χ4v) is 2.82. The average Bonchev–Trinajstić information content (AvgIpc) is 3.11. The van der Waals surface area contributed by atoms with E-state index in [0.717, 1.165) is 5.56 Å². The second-order valence-corrected chi connectivity index (χ2v) is 5.72. The molecular weight excluding hydrogens is 310 g/mol.